The average Bonchev–Trinajstić information content (AvgIpc) is 3.19. The van der Waals surface area contributed by atoms with Crippen LogP contribution in [-0.2, 0) is 11.3 Å². The maximum Gasteiger partial charge on any atom is 0.422 e. The van der Waals surface area contributed by atoms with Crippen molar-refractivity contribution in [3.8, 4) is 5.75 Å². The topological polar surface area (TPSA) is 69.2 Å². The number of halogens is 4. The lowest BCUT2D eigenvalue weighted by Gasteiger charge is -2.24. The molecule has 0 aliphatic carbocycles. The van der Waals surface area contributed by atoms with E-state index in [1.54, 1.807) is 26.2 Å². The van der Waals surface area contributed by atoms with Crippen molar-refractivity contribution >= 4 is 35.8 Å². The largest absolute Gasteiger partial charge is 0.484 e. The highest BCUT2D eigenvalue weighted by molar-refractivity contribution is 14.0. The Morgan fingerprint density at radius 3 is 2.53 bits per heavy atom. The Kier molecular flexibility index (Phi) is 12.1. The number of alkyl halides is 3. The van der Waals surface area contributed by atoms with E-state index in [1.165, 1.54) is 23.5 Å². The molecule has 1 amide bonds. The number of hydrogen-bond acceptors (Lipinski definition) is 4. The number of likely N-dealkylation sites (tertiary alicyclic amines) is 1. The van der Waals surface area contributed by atoms with E-state index >= 15 is 0 Å². The van der Waals surface area contributed by atoms with Gasteiger partial charge >= 0.3 is 6.18 Å². The Morgan fingerprint density at radius 2 is 1.94 bits per heavy atom. The third kappa shape index (κ3) is 10.2. The fourth-order valence-corrected chi connectivity index (χ4v) is 3.28. The fourth-order valence-electron chi connectivity index (χ4n) is 3.28. The van der Waals surface area contributed by atoms with Gasteiger partial charge in [0.05, 0.1) is 13.1 Å². The Balaban J connectivity index is 0.00000512. The average molecular weight is 571 g/mol. The first kappa shape index (κ1) is 28.3. The van der Waals surface area contributed by atoms with E-state index in [4.69, 9.17) is 4.74 Å². The minimum atomic E-state index is -4.37. The molecule has 1 fully saturated rings. The fraction of sp³-hybridized carbons (Fsp3) is 0.619. The van der Waals surface area contributed by atoms with E-state index < -0.39 is 12.8 Å². The predicted molar refractivity (Wildman–Crippen MR) is 130 cm³/mol. The third-order valence-corrected chi connectivity index (χ3v) is 5.06. The first-order valence-electron chi connectivity index (χ1n) is 10.4. The number of amides is 1. The molecule has 182 valence electrons. The van der Waals surface area contributed by atoms with Gasteiger partial charge in [0.2, 0.25) is 5.91 Å². The van der Waals surface area contributed by atoms with Crippen LogP contribution in [0.15, 0.2) is 29.3 Å². The van der Waals surface area contributed by atoms with Crippen LogP contribution in [0.4, 0.5) is 13.2 Å². The lowest BCUT2D eigenvalue weighted by Crippen LogP contribution is -2.47. The van der Waals surface area contributed by atoms with Crippen LogP contribution in [-0.4, -0.2) is 80.8 Å². The van der Waals surface area contributed by atoms with Crippen molar-refractivity contribution in [3.05, 3.63) is 29.8 Å². The summed E-state index contributed by atoms with van der Waals surface area (Å²) in [6, 6.07) is 6.75. The van der Waals surface area contributed by atoms with Crippen molar-refractivity contribution in [2.24, 2.45) is 4.99 Å². The van der Waals surface area contributed by atoms with Gasteiger partial charge in [-0.15, -0.1) is 24.0 Å². The first-order valence-corrected chi connectivity index (χ1v) is 10.4. The maximum atomic E-state index is 12.3. The van der Waals surface area contributed by atoms with Gasteiger partial charge < -0.3 is 20.3 Å². The highest BCUT2D eigenvalue weighted by atomic mass is 127. The summed E-state index contributed by atoms with van der Waals surface area (Å²) in [5.41, 5.74) is 0.815. The second-order valence-corrected chi connectivity index (χ2v) is 7.66. The van der Waals surface area contributed by atoms with Crippen molar-refractivity contribution in [3.63, 3.8) is 0 Å². The summed E-state index contributed by atoms with van der Waals surface area (Å²) in [6.45, 7) is 4.05. The number of carbonyl (C=O) groups is 1. The monoisotopic (exact) mass is 571 g/mol. The highest BCUT2D eigenvalue weighted by Gasteiger charge is 2.28. The Labute approximate surface area is 204 Å². The van der Waals surface area contributed by atoms with Crippen LogP contribution in [0.25, 0.3) is 0 Å². The van der Waals surface area contributed by atoms with Crippen molar-refractivity contribution in [1.82, 2.24) is 20.4 Å². The smallest absolute Gasteiger partial charge is 0.422 e. The van der Waals surface area contributed by atoms with Crippen LogP contribution in [0.3, 0.4) is 0 Å². The van der Waals surface area contributed by atoms with Crippen molar-refractivity contribution < 1.29 is 22.7 Å². The molecule has 2 N–H and O–H groups in total. The zero-order valence-electron chi connectivity index (χ0n) is 18.7. The zero-order chi connectivity index (χ0) is 22.9. The van der Waals surface area contributed by atoms with Gasteiger partial charge in [-0.25, -0.2) is 4.99 Å². The number of aliphatic imine (C=N–C) groups is 1. The molecule has 1 saturated heterocycles. The van der Waals surface area contributed by atoms with Gasteiger partial charge in [-0.05, 0) is 43.6 Å². The molecule has 0 spiro atoms. The molecule has 1 unspecified atom stereocenters. The predicted octanol–water partition coefficient (Wildman–Crippen LogP) is 2.85. The number of hydrogen-bond donors (Lipinski definition) is 2. The molecule has 1 aliphatic rings. The molecule has 1 aromatic carbocycles. The number of rotatable bonds is 9. The van der Waals surface area contributed by atoms with E-state index in [0.717, 1.165) is 31.6 Å². The molecule has 0 aromatic heterocycles. The summed E-state index contributed by atoms with van der Waals surface area (Å²) in [6.07, 6.45) is -2.09. The molecular weight excluding hydrogens is 538 g/mol. The van der Waals surface area contributed by atoms with Crippen LogP contribution >= 0.6 is 24.0 Å². The summed E-state index contributed by atoms with van der Waals surface area (Å²) >= 11 is 0. The van der Waals surface area contributed by atoms with E-state index in [2.05, 4.69) is 27.4 Å². The number of ether oxygens (including phenoxy) is 1. The zero-order valence-corrected chi connectivity index (χ0v) is 21.1. The standard InChI is InChI=1S/C21H32F3N5O2.HI/c1-4-29-11-5-6-17(29)13-26-20(27-14-19(30)28(2)3)25-12-16-7-9-18(10-8-16)31-15-21(22,23)24;/h7-10,17H,4-6,11-15H2,1-3H3,(H2,25,26,27);1H. The summed E-state index contributed by atoms with van der Waals surface area (Å²) in [4.78, 5) is 20.4. The van der Waals surface area contributed by atoms with Crippen LogP contribution < -0.4 is 15.4 Å². The number of carbonyl (C=O) groups excluding carboxylic acids is 1. The molecule has 32 heavy (non-hydrogen) atoms. The second kappa shape index (κ2) is 13.7. The van der Waals surface area contributed by atoms with Gasteiger partial charge in [-0.1, -0.05) is 19.1 Å². The quantitative estimate of drug-likeness (QED) is 0.271. The van der Waals surface area contributed by atoms with Crippen LogP contribution in [0.2, 0.25) is 0 Å². The van der Waals surface area contributed by atoms with Crippen molar-refractivity contribution in [2.75, 3.05) is 46.9 Å². The number of guanidine groups is 1. The summed E-state index contributed by atoms with van der Waals surface area (Å²) < 4.78 is 41.5. The SMILES string of the molecule is CCN1CCCC1CNC(=NCc1ccc(OCC(F)(F)F)cc1)NCC(=O)N(C)C.I. The maximum absolute atomic E-state index is 12.3. The summed E-state index contributed by atoms with van der Waals surface area (Å²) in [5, 5.41) is 6.37. The number of benzene rings is 1. The van der Waals surface area contributed by atoms with Gasteiger partial charge in [-0.2, -0.15) is 13.2 Å². The van der Waals surface area contributed by atoms with E-state index in [0.29, 0.717) is 18.5 Å². The lowest BCUT2D eigenvalue weighted by molar-refractivity contribution is -0.153. The lowest BCUT2D eigenvalue weighted by atomic mass is 10.2. The molecule has 11 heteroatoms. The molecule has 1 heterocycles. The van der Waals surface area contributed by atoms with E-state index in [-0.39, 0.29) is 42.2 Å². The number of nitrogens with zero attached hydrogens (tertiary/aromatic N) is 3. The van der Waals surface area contributed by atoms with E-state index in [1.807, 2.05) is 0 Å². The van der Waals surface area contributed by atoms with Crippen LogP contribution in [0.1, 0.15) is 25.3 Å². The minimum absolute atomic E-state index is 0. The van der Waals surface area contributed by atoms with Gasteiger partial charge in [0, 0.05) is 26.7 Å². The minimum Gasteiger partial charge on any atom is -0.484 e. The Bertz CT molecular complexity index is 729. The summed E-state index contributed by atoms with van der Waals surface area (Å²) in [5.74, 6) is 0.603. The van der Waals surface area contributed by atoms with Crippen molar-refractivity contribution in [2.45, 2.75) is 38.5 Å². The van der Waals surface area contributed by atoms with Crippen LogP contribution in [0.5, 0.6) is 5.75 Å². The molecule has 0 saturated carbocycles. The number of nitrogens with one attached hydrogen (secondary N) is 2. The molecule has 0 radical (unpaired) electrons. The normalized spacial score (nSPS) is 16.9. The van der Waals surface area contributed by atoms with E-state index in [9.17, 15) is 18.0 Å². The van der Waals surface area contributed by atoms with Gasteiger partial charge in [0.25, 0.3) is 0 Å². The Hall–Kier alpha value is -1.76. The Morgan fingerprint density at radius 1 is 1.25 bits per heavy atom. The van der Waals surface area contributed by atoms with Gasteiger partial charge in [0.15, 0.2) is 12.6 Å². The molecule has 2 rings (SSSR count). The summed E-state index contributed by atoms with van der Waals surface area (Å²) in [7, 11) is 3.38. The molecule has 0 bridgehead atoms. The van der Waals surface area contributed by atoms with Gasteiger partial charge in [0.1, 0.15) is 5.75 Å². The second-order valence-electron chi connectivity index (χ2n) is 7.66. The third-order valence-electron chi connectivity index (χ3n) is 5.06. The van der Waals surface area contributed by atoms with Crippen molar-refractivity contribution in [1.29, 1.82) is 0 Å². The molecule has 7 nitrogen and oxygen atoms in total. The first-order chi connectivity index (χ1) is 14.7. The molecular formula is C21H33F3IN5O2. The molecule has 1 aliphatic heterocycles. The molecule has 1 aromatic rings. The highest BCUT2D eigenvalue weighted by Crippen LogP contribution is 2.19. The molecule has 1 atom stereocenters. The van der Waals surface area contributed by atoms with Gasteiger partial charge in [-0.3, -0.25) is 9.69 Å². The number of likely N-dealkylation sites (N-methyl/N-ethyl adjacent to an activating group) is 2. The van der Waals surface area contributed by atoms with Crippen LogP contribution in [0, 0.1) is 0 Å².